The maximum atomic E-state index is 8.81. The van der Waals surface area contributed by atoms with Crippen molar-refractivity contribution in [3.63, 3.8) is 0 Å². The molecule has 15 heavy (non-hydrogen) atoms. The molecule has 3 rings (SSSR count). The van der Waals surface area contributed by atoms with Crippen LogP contribution in [0.2, 0.25) is 0 Å². The maximum absolute atomic E-state index is 8.81. The van der Waals surface area contributed by atoms with Gasteiger partial charge >= 0.3 is 0 Å². The van der Waals surface area contributed by atoms with Crippen molar-refractivity contribution >= 4 is 0 Å². The predicted octanol–water partition coefficient (Wildman–Crippen LogP) is 2.17. The molecule has 0 amide bonds. The molecule has 3 nitrogen and oxygen atoms in total. The summed E-state index contributed by atoms with van der Waals surface area (Å²) in [4.78, 5) is 0. The van der Waals surface area contributed by atoms with Crippen LogP contribution < -0.4 is 4.74 Å². The molecule has 0 spiro atoms. The molecule has 2 atom stereocenters. The molecule has 0 aliphatic carbocycles. The van der Waals surface area contributed by atoms with Gasteiger partial charge in [0.05, 0.1) is 11.6 Å². The summed E-state index contributed by atoms with van der Waals surface area (Å²) in [7, 11) is 0. The van der Waals surface area contributed by atoms with Gasteiger partial charge in [-0.2, -0.15) is 5.26 Å². The lowest BCUT2D eigenvalue weighted by Crippen LogP contribution is -2.37. The third-order valence-corrected chi connectivity index (χ3v) is 3.00. The number of nitrogens with zero attached hydrogens (tertiary/aromatic N) is 1. The van der Waals surface area contributed by atoms with Gasteiger partial charge in [-0.25, -0.2) is 0 Å². The molecule has 0 aromatic heterocycles. The molecule has 0 N–H and O–H groups in total. The second-order valence-corrected chi connectivity index (χ2v) is 4.55. The highest BCUT2D eigenvalue weighted by atomic mass is 16.6. The molecule has 1 aromatic rings. The minimum absolute atomic E-state index is 0.163. The number of ether oxygens (including phenoxy) is 2. The molecule has 3 heteroatoms. The van der Waals surface area contributed by atoms with Crippen LogP contribution in [-0.4, -0.2) is 11.7 Å². The molecule has 2 aliphatic rings. The van der Waals surface area contributed by atoms with Gasteiger partial charge in [0.15, 0.2) is 0 Å². The van der Waals surface area contributed by atoms with Gasteiger partial charge in [0.1, 0.15) is 23.6 Å². The van der Waals surface area contributed by atoms with Crippen LogP contribution in [-0.2, 0) is 4.74 Å². The lowest BCUT2D eigenvalue weighted by atomic mass is 9.94. The lowest BCUT2D eigenvalue weighted by molar-refractivity contribution is 0.0725. The van der Waals surface area contributed by atoms with E-state index in [2.05, 4.69) is 6.07 Å². The van der Waals surface area contributed by atoms with Gasteiger partial charge in [0.2, 0.25) is 0 Å². The van der Waals surface area contributed by atoms with E-state index >= 15 is 0 Å². The summed E-state index contributed by atoms with van der Waals surface area (Å²) in [5, 5.41) is 8.81. The Hall–Kier alpha value is -1.53. The van der Waals surface area contributed by atoms with Gasteiger partial charge in [0, 0.05) is 5.56 Å². The second-order valence-electron chi connectivity index (χ2n) is 4.55. The first-order chi connectivity index (χ1) is 7.12. The van der Waals surface area contributed by atoms with Crippen molar-refractivity contribution in [2.75, 3.05) is 0 Å². The highest BCUT2D eigenvalue weighted by molar-refractivity contribution is 5.47. The van der Waals surface area contributed by atoms with Crippen LogP contribution in [0.1, 0.15) is 31.1 Å². The Kier molecular flexibility index (Phi) is 1.48. The highest BCUT2D eigenvalue weighted by Gasteiger charge is 2.56. The Morgan fingerprint density at radius 1 is 1.40 bits per heavy atom. The number of hydrogen-bond donors (Lipinski definition) is 0. The molecule has 0 bridgehead atoms. The normalized spacial score (nSPS) is 29.4. The third kappa shape index (κ3) is 1.15. The van der Waals surface area contributed by atoms with Crippen molar-refractivity contribution in [2.24, 2.45) is 0 Å². The van der Waals surface area contributed by atoms with Gasteiger partial charge in [-0.05, 0) is 26.0 Å². The van der Waals surface area contributed by atoms with Gasteiger partial charge in [-0.3, -0.25) is 0 Å². The van der Waals surface area contributed by atoms with Crippen LogP contribution in [0, 0.1) is 11.3 Å². The minimum atomic E-state index is -0.286. The lowest BCUT2D eigenvalue weighted by Gasteiger charge is -2.29. The molecule has 0 radical (unpaired) electrons. The Labute approximate surface area is 88.2 Å². The number of hydrogen-bond acceptors (Lipinski definition) is 3. The van der Waals surface area contributed by atoms with Crippen LogP contribution in [0.15, 0.2) is 18.2 Å². The van der Waals surface area contributed by atoms with Gasteiger partial charge in [-0.15, -0.1) is 0 Å². The van der Waals surface area contributed by atoms with Gasteiger partial charge in [0.25, 0.3) is 0 Å². The average Bonchev–Trinajstić information content (AvgIpc) is 2.96. The zero-order chi connectivity index (χ0) is 10.6. The van der Waals surface area contributed by atoms with Crippen molar-refractivity contribution in [1.82, 2.24) is 0 Å². The van der Waals surface area contributed by atoms with Crippen LogP contribution in [0.25, 0.3) is 0 Å². The summed E-state index contributed by atoms with van der Waals surface area (Å²) < 4.78 is 11.4. The van der Waals surface area contributed by atoms with Gasteiger partial charge in [-0.1, -0.05) is 6.07 Å². The van der Waals surface area contributed by atoms with E-state index in [1.54, 1.807) is 12.1 Å². The van der Waals surface area contributed by atoms with Crippen molar-refractivity contribution in [1.29, 1.82) is 5.26 Å². The van der Waals surface area contributed by atoms with Crippen LogP contribution >= 0.6 is 0 Å². The molecule has 2 aliphatic heterocycles. The summed E-state index contributed by atoms with van der Waals surface area (Å²) in [6.07, 6.45) is 0.328. The van der Waals surface area contributed by atoms with Gasteiger partial charge < -0.3 is 9.47 Å². The van der Waals surface area contributed by atoms with E-state index in [0.29, 0.717) is 5.56 Å². The monoisotopic (exact) mass is 201 g/mol. The first-order valence-electron chi connectivity index (χ1n) is 5.00. The quantitative estimate of drug-likeness (QED) is 0.604. The Morgan fingerprint density at radius 2 is 2.20 bits per heavy atom. The molecule has 0 saturated carbocycles. The SMILES string of the molecule is CC1(C)Oc2cc(C#N)ccc2[C@@H]2O[C@H]21. The fourth-order valence-corrected chi connectivity index (χ4v) is 2.15. The third-order valence-electron chi connectivity index (χ3n) is 3.00. The average molecular weight is 201 g/mol. The fourth-order valence-electron chi connectivity index (χ4n) is 2.15. The number of nitriles is 1. The van der Waals surface area contributed by atoms with Crippen LogP contribution in [0.4, 0.5) is 0 Å². The molecule has 2 heterocycles. The Balaban J connectivity index is 2.10. The number of rotatable bonds is 0. The Bertz CT molecular complexity index is 473. The first kappa shape index (κ1) is 8.75. The molecule has 76 valence electrons. The summed E-state index contributed by atoms with van der Waals surface area (Å²) in [6.45, 7) is 4.03. The van der Waals surface area contributed by atoms with E-state index in [0.717, 1.165) is 11.3 Å². The maximum Gasteiger partial charge on any atom is 0.132 e. The van der Waals surface area contributed by atoms with Crippen molar-refractivity contribution in [3.8, 4) is 11.8 Å². The van der Waals surface area contributed by atoms with Crippen molar-refractivity contribution in [2.45, 2.75) is 31.7 Å². The molecule has 0 unspecified atom stereocenters. The van der Waals surface area contributed by atoms with E-state index in [-0.39, 0.29) is 17.8 Å². The number of benzene rings is 1. The zero-order valence-electron chi connectivity index (χ0n) is 8.65. The van der Waals surface area contributed by atoms with Crippen molar-refractivity contribution in [3.05, 3.63) is 29.3 Å². The fraction of sp³-hybridized carbons (Fsp3) is 0.417. The van der Waals surface area contributed by atoms with Crippen molar-refractivity contribution < 1.29 is 9.47 Å². The topological polar surface area (TPSA) is 45.5 Å². The minimum Gasteiger partial charge on any atom is -0.485 e. The summed E-state index contributed by atoms with van der Waals surface area (Å²) >= 11 is 0. The van der Waals surface area contributed by atoms with E-state index in [1.807, 2.05) is 19.9 Å². The smallest absolute Gasteiger partial charge is 0.132 e. The summed E-state index contributed by atoms with van der Waals surface area (Å²) in [5.41, 5.74) is 1.41. The molecule has 1 fully saturated rings. The largest absolute Gasteiger partial charge is 0.485 e. The van der Waals surface area contributed by atoms with E-state index < -0.39 is 0 Å². The number of epoxide rings is 1. The summed E-state index contributed by atoms with van der Waals surface area (Å²) in [5.74, 6) is 0.790. The Morgan fingerprint density at radius 3 is 2.93 bits per heavy atom. The standard InChI is InChI=1S/C12H11NO2/c1-12(2)11-10(14-11)8-4-3-7(6-13)5-9(8)15-12/h3-5,10-11H,1-2H3/t10-,11+/m0/s1. The highest BCUT2D eigenvalue weighted by Crippen LogP contribution is 2.53. The molecule has 1 saturated heterocycles. The van der Waals surface area contributed by atoms with Crippen LogP contribution in [0.5, 0.6) is 5.75 Å². The molecular weight excluding hydrogens is 190 g/mol. The van der Waals surface area contributed by atoms with E-state index in [4.69, 9.17) is 14.7 Å². The zero-order valence-corrected chi connectivity index (χ0v) is 8.65. The van der Waals surface area contributed by atoms with E-state index in [1.165, 1.54) is 0 Å². The predicted molar refractivity (Wildman–Crippen MR) is 53.5 cm³/mol. The molecular formula is C12H11NO2. The molecule has 1 aromatic carbocycles. The van der Waals surface area contributed by atoms with E-state index in [9.17, 15) is 0 Å². The summed E-state index contributed by atoms with van der Waals surface area (Å²) in [6, 6.07) is 7.63. The number of fused-ring (bicyclic) bond motifs is 3. The second kappa shape index (κ2) is 2.53. The van der Waals surface area contributed by atoms with Crippen LogP contribution in [0.3, 0.4) is 0 Å². The first-order valence-corrected chi connectivity index (χ1v) is 5.00.